The summed E-state index contributed by atoms with van der Waals surface area (Å²) in [6, 6.07) is 23.9. The molecular weight excluding hydrogens is 676 g/mol. The van der Waals surface area contributed by atoms with Gasteiger partial charge in [-0.15, -0.1) is 0 Å². The van der Waals surface area contributed by atoms with Gasteiger partial charge in [0.1, 0.15) is 5.60 Å². The summed E-state index contributed by atoms with van der Waals surface area (Å²) in [4.78, 5) is 32.0. The van der Waals surface area contributed by atoms with Crippen molar-refractivity contribution in [3.8, 4) is 22.3 Å². The smallest absolute Gasteiger partial charge is 0.410 e. The largest absolute Gasteiger partial charge is 0.444 e. The van der Waals surface area contributed by atoms with Crippen LogP contribution in [-0.4, -0.2) is 63.5 Å². The molecule has 3 aromatic carbocycles. The summed E-state index contributed by atoms with van der Waals surface area (Å²) in [7, 11) is 0. The number of hydrogen-bond donors (Lipinski definition) is 2. The van der Waals surface area contributed by atoms with Crippen LogP contribution in [0.25, 0.3) is 33.2 Å². The zero-order valence-electron chi connectivity index (χ0n) is 30.1. The molecular formula is C41H47ClN6O4. The second-order valence-electron chi connectivity index (χ2n) is 14.1. The van der Waals surface area contributed by atoms with E-state index in [4.69, 9.17) is 26.2 Å². The van der Waals surface area contributed by atoms with Crippen molar-refractivity contribution < 1.29 is 19.1 Å². The van der Waals surface area contributed by atoms with Gasteiger partial charge < -0.3 is 25.0 Å². The van der Waals surface area contributed by atoms with Gasteiger partial charge >= 0.3 is 6.09 Å². The lowest BCUT2D eigenvalue weighted by molar-refractivity contribution is -0.121. The molecule has 3 heterocycles. The highest BCUT2D eigenvalue weighted by Crippen LogP contribution is 2.34. The van der Waals surface area contributed by atoms with E-state index in [-0.39, 0.29) is 31.6 Å². The van der Waals surface area contributed by atoms with Gasteiger partial charge in [-0.1, -0.05) is 60.1 Å². The molecule has 1 atom stereocenters. The summed E-state index contributed by atoms with van der Waals surface area (Å²) in [6.45, 7) is 7.80. The standard InChI is InChI=1S/C41H47ClN6O4/c1-41(2,3)52-40(50)47(28-29-15-16-33(35(42)23-29)30-11-5-4-6-12-30)21-17-38(49)45-20-10-19-44-36-24-32(31-13-9-18-43-26-31)25-37-34(36)27-46-48(37)39-14-7-8-22-51-39/h4-6,9,11-13,15-16,18,23-27,39,44H,7-8,10,14,17,19-22,28H2,1-3H3,(H,45,49). The highest BCUT2D eigenvalue weighted by atomic mass is 35.5. The number of amides is 2. The molecule has 2 aromatic heterocycles. The van der Waals surface area contributed by atoms with Gasteiger partial charge in [0.2, 0.25) is 5.91 Å². The minimum atomic E-state index is -0.676. The zero-order valence-corrected chi connectivity index (χ0v) is 30.9. The quantitative estimate of drug-likeness (QED) is 0.117. The van der Waals surface area contributed by atoms with Gasteiger partial charge in [-0.2, -0.15) is 5.10 Å². The molecule has 0 radical (unpaired) electrons. The number of anilines is 1. The fraction of sp³-hybridized carbons (Fsp3) is 0.366. The van der Waals surface area contributed by atoms with Crippen LogP contribution < -0.4 is 10.6 Å². The van der Waals surface area contributed by atoms with Crippen LogP contribution in [0, 0.1) is 0 Å². The number of carbonyl (C=O) groups is 2. The first kappa shape index (κ1) is 36.8. The number of aromatic nitrogens is 3. The Morgan fingerprint density at radius 1 is 0.981 bits per heavy atom. The van der Waals surface area contributed by atoms with Crippen LogP contribution in [0.2, 0.25) is 5.02 Å². The Morgan fingerprint density at radius 3 is 2.54 bits per heavy atom. The molecule has 0 bridgehead atoms. The van der Waals surface area contributed by atoms with Crippen molar-refractivity contribution in [1.29, 1.82) is 0 Å². The lowest BCUT2D eigenvalue weighted by atomic mass is 10.0. The van der Waals surface area contributed by atoms with Crippen molar-refractivity contribution in [1.82, 2.24) is 25.0 Å². The van der Waals surface area contributed by atoms with Crippen LogP contribution in [-0.2, 0) is 20.8 Å². The molecule has 0 saturated carbocycles. The summed E-state index contributed by atoms with van der Waals surface area (Å²) in [5, 5.41) is 12.9. The second-order valence-corrected chi connectivity index (χ2v) is 14.5. The van der Waals surface area contributed by atoms with E-state index in [1.54, 1.807) is 11.1 Å². The van der Waals surface area contributed by atoms with E-state index in [1.807, 2.05) is 98.5 Å². The van der Waals surface area contributed by atoms with E-state index in [2.05, 4.69) is 27.8 Å². The Labute approximate surface area is 310 Å². The average molecular weight is 723 g/mol. The summed E-state index contributed by atoms with van der Waals surface area (Å²) >= 11 is 6.66. The SMILES string of the molecule is CC(C)(C)OC(=O)N(CCC(=O)NCCCNc1cc(-c2cccnc2)cc2c1cnn2C1CCCCO1)Cc1ccc(-c2ccccc2)c(Cl)c1. The van der Waals surface area contributed by atoms with E-state index in [1.165, 1.54) is 0 Å². The minimum Gasteiger partial charge on any atom is -0.444 e. The summed E-state index contributed by atoms with van der Waals surface area (Å²) in [5.41, 5.74) is 6.14. The van der Waals surface area contributed by atoms with E-state index < -0.39 is 11.7 Å². The maximum Gasteiger partial charge on any atom is 0.410 e. The molecule has 6 rings (SSSR count). The Hall–Kier alpha value is -4.93. The van der Waals surface area contributed by atoms with Gasteiger partial charge in [-0.25, -0.2) is 9.48 Å². The van der Waals surface area contributed by atoms with E-state index in [9.17, 15) is 9.59 Å². The van der Waals surface area contributed by atoms with Gasteiger partial charge in [0.25, 0.3) is 0 Å². The molecule has 1 aliphatic heterocycles. The van der Waals surface area contributed by atoms with E-state index in [0.717, 1.165) is 70.3 Å². The Morgan fingerprint density at radius 2 is 1.81 bits per heavy atom. The van der Waals surface area contributed by atoms with Crippen LogP contribution >= 0.6 is 11.6 Å². The first-order valence-corrected chi connectivity index (χ1v) is 18.4. The molecule has 0 spiro atoms. The van der Waals surface area contributed by atoms with Crippen molar-refractivity contribution >= 4 is 40.2 Å². The minimum absolute atomic E-state index is 0.0808. The number of fused-ring (bicyclic) bond motifs is 1. The lowest BCUT2D eigenvalue weighted by Gasteiger charge is -2.27. The van der Waals surface area contributed by atoms with Crippen molar-refractivity contribution in [2.24, 2.45) is 0 Å². The average Bonchev–Trinajstić information content (AvgIpc) is 3.58. The Balaban J connectivity index is 1.05. The fourth-order valence-corrected chi connectivity index (χ4v) is 6.60. The highest BCUT2D eigenvalue weighted by molar-refractivity contribution is 6.33. The summed E-state index contributed by atoms with van der Waals surface area (Å²) in [5.74, 6) is -0.138. The molecule has 1 fully saturated rings. The van der Waals surface area contributed by atoms with E-state index in [0.29, 0.717) is 24.5 Å². The topological polar surface area (TPSA) is 111 Å². The number of carbonyl (C=O) groups excluding carboxylic acids is 2. The van der Waals surface area contributed by atoms with Crippen LogP contribution in [0.4, 0.5) is 10.5 Å². The third-order valence-electron chi connectivity index (χ3n) is 8.88. The van der Waals surface area contributed by atoms with Gasteiger partial charge in [0, 0.05) is 78.8 Å². The fourth-order valence-electron chi connectivity index (χ4n) is 6.29. The lowest BCUT2D eigenvalue weighted by Crippen LogP contribution is -2.39. The molecule has 5 aromatic rings. The van der Waals surface area contributed by atoms with Gasteiger partial charge in [-0.3, -0.25) is 9.78 Å². The monoisotopic (exact) mass is 722 g/mol. The molecule has 2 amide bonds. The normalized spacial score (nSPS) is 14.6. The van der Waals surface area contributed by atoms with Crippen molar-refractivity contribution in [3.63, 3.8) is 0 Å². The van der Waals surface area contributed by atoms with Gasteiger partial charge in [0.15, 0.2) is 6.23 Å². The molecule has 52 heavy (non-hydrogen) atoms. The number of ether oxygens (including phenoxy) is 2. The number of rotatable bonds is 13. The number of pyridine rings is 1. The first-order chi connectivity index (χ1) is 25.1. The van der Waals surface area contributed by atoms with Crippen molar-refractivity contribution in [3.05, 3.63) is 102 Å². The molecule has 0 aliphatic carbocycles. The Bertz CT molecular complexity index is 1960. The van der Waals surface area contributed by atoms with E-state index >= 15 is 0 Å². The number of nitrogens with zero attached hydrogens (tertiary/aromatic N) is 4. The number of benzene rings is 3. The van der Waals surface area contributed by atoms with Gasteiger partial charge in [0.05, 0.1) is 11.7 Å². The third-order valence-corrected chi connectivity index (χ3v) is 9.20. The van der Waals surface area contributed by atoms with Crippen LogP contribution in [0.1, 0.15) is 64.7 Å². The molecule has 1 aliphatic rings. The van der Waals surface area contributed by atoms with Crippen LogP contribution in [0.15, 0.2) is 91.4 Å². The number of nitrogens with one attached hydrogen (secondary N) is 2. The first-order valence-electron chi connectivity index (χ1n) is 18.0. The molecule has 1 saturated heterocycles. The summed E-state index contributed by atoms with van der Waals surface area (Å²) < 4.78 is 13.7. The maximum absolute atomic E-state index is 13.2. The zero-order chi connectivity index (χ0) is 36.5. The van der Waals surface area contributed by atoms with Crippen molar-refractivity contribution in [2.45, 2.75) is 71.2 Å². The molecule has 10 nitrogen and oxygen atoms in total. The van der Waals surface area contributed by atoms with Crippen LogP contribution in [0.3, 0.4) is 0 Å². The predicted octanol–water partition coefficient (Wildman–Crippen LogP) is 8.86. The third kappa shape index (κ3) is 9.68. The Kier molecular flexibility index (Phi) is 12.1. The number of hydrogen-bond acceptors (Lipinski definition) is 7. The number of halogens is 1. The molecule has 11 heteroatoms. The van der Waals surface area contributed by atoms with Gasteiger partial charge in [-0.05, 0) is 87.4 Å². The summed E-state index contributed by atoms with van der Waals surface area (Å²) in [6.07, 6.45) is 8.92. The molecule has 1 unspecified atom stereocenters. The molecule has 272 valence electrons. The van der Waals surface area contributed by atoms with Crippen LogP contribution in [0.5, 0.6) is 0 Å². The maximum atomic E-state index is 13.2. The second kappa shape index (κ2) is 17.1. The van der Waals surface area contributed by atoms with Crippen molar-refractivity contribution in [2.75, 3.05) is 31.6 Å². The molecule has 2 N–H and O–H groups in total. The highest BCUT2D eigenvalue weighted by Gasteiger charge is 2.24. The predicted molar refractivity (Wildman–Crippen MR) is 206 cm³/mol.